The second kappa shape index (κ2) is 11.9. The van der Waals surface area contributed by atoms with Gasteiger partial charge in [-0.3, -0.25) is 18.4 Å². The maximum Gasteiger partial charge on any atom is 0.530 e. The predicted molar refractivity (Wildman–Crippen MR) is 132 cm³/mol. The minimum absolute atomic E-state index is 0.0114. The van der Waals surface area contributed by atoms with E-state index in [1.54, 1.807) is 51.1 Å². The summed E-state index contributed by atoms with van der Waals surface area (Å²) in [6, 6.07) is 9.52. The molecule has 0 radical (unpaired) electrons. The van der Waals surface area contributed by atoms with Crippen LogP contribution in [-0.4, -0.2) is 62.2 Å². The SMILES string of the molecule is CC(C)(C)C(=O)SCCOP(=O)(OC[C@H]1O[C@@H](n2ccc(N)nc2=O)[C@@H](O)[C@@H]1O)Oc1ccccc1. The van der Waals surface area contributed by atoms with Crippen LogP contribution in [0.5, 0.6) is 5.75 Å². The average molecular weight is 544 g/mol. The number of aromatic nitrogens is 2. The number of nitrogens with two attached hydrogens (primary N) is 1. The van der Waals surface area contributed by atoms with Gasteiger partial charge < -0.3 is 25.2 Å². The summed E-state index contributed by atoms with van der Waals surface area (Å²) in [6.07, 6.45) is -4.16. The Kier molecular flexibility index (Phi) is 9.33. The molecule has 1 unspecified atom stereocenters. The number of rotatable bonds is 10. The highest BCUT2D eigenvalue weighted by atomic mass is 32.2. The van der Waals surface area contributed by atoms with Crippen LogP contribution < -0.4 is 15.9 Å². The fraction of sp³-hybridized carbons (Fsp3) is 0.500. The van der Waals surface area contributed by atoms with E-state index in [4.69, 9.17) is 24.0 Å². The molecule has 1 fully saturated rings. The molecule has 14 heteroatoms. The van der Waals surface area contributed by atoms with Crippen LogP contribution in [0.25, 0.3) is 0 Å². The largest absolute Gasteiger partial charge is 0.530 e. The smallest absolute Gasteiger partial charge is 0.404 e. The van der Waals surface area contributed by atoms with Crippen molar-refractivity contribution in [2.45, 2.75) is 45.3 Å². The molecule has 1 saturated heterocycles. The van der Waals surface area contributed by atoms with Crippen LogP contribution in [0.15, 0.2) is 47.4 Å². The van der Waals surface area contributed by atoms with Crippen LogP contribution >= 0.6 is 19.6 Å². The Morgan fingerprint density at radius 3 is 2.53 bits per heavy atom. The van der Waals surface area contributed by atoms with E-state index in [0.717, 1.165) is 16.3 Å². The molecule has 0 bridgehead atoms. The minimum Gasteiger partial charge on any atom is -0.404 e. The average Bonchev–Trinajstić information content (AvgIpc) is 3.09. The van der Waals surface area contributed by atoms with Crippen molar-refractivity contribution >= 4 is 30.5 Å². The van der Waals surface area contributed by atoms with E-state index < -0.39 is 50.1 Å². The molecule has 1 aliphatic heterocycles. The number of anilines is 1. The van der Waals surface area contributed by atoms with E-state index in [1.165, 1.54) is 12.3 Å². The number of nitrogens with zero attached hydrogens (tertiary/aromatic N) is 2. The van der Waals surface area contributed by atoms with Gasteiger partial charge in [-0.2, -0.15) is 4.98 Å². The summed E-state index contributed by atoms with van der Waals surface area (Å²) in [5, 5.41) is 20.8. The summed E-state index contributed by atoms with van der Waals surface area (Å²) in [5.74, 6) is 0.407. The Hall–Kier alpha value is -2.25. The molecule has 4 N–H and O–H groups in total. The number of hydrogen-bond acceptors (Lipinski definition) is 12. The van der Waals surface area contributed by atoms with E-state index in [0.29, 0.717) is 0 Å². The molecule has 1 aromatic heterocycles. The van der Waals surface area contributed by atoms with E-state index >= 15 is 0 Å². The maximum absolute atomic E-state index is 13.4. The first-order valence-corrected chi connectivity index (χ1v) is 13.5. The summed E-state index contributed by atoms with van der Waals surface area (Å²) in [5.41, 5.74) is 4.16. The van der Waals surface area contributed by atoms with Crippen molar-refractivity contribution in [1.82, 2.24) is 9.55 Å². The quantitative estimate of drug-likeness (QED) is 0.294. The van der Waals surface area contributed by atoms with E-state index in [-0.39, 0.29) is 29.0 Å². The Labute approximate surface area is 212 Å². The number of thioether (sulfide) groups is 1. The number of nitrogen functional groups attached to an aromatic ring is 1. The van der Waals surface area contributed by atoms with Gasteiger partial charge >= 0.3 is 13.5 Å². The number of aliphatic hydroxyl groups is 2. The Bertz CT molecular complexity index is 1140. The molecular weight excluding hydrogens is 513 g/mol. The summed E-state index contributed by atoms with van der Waals surface area (Å²) in [6.45, 7) is 4.75. The van der Waals surface area contributed by atoms with Gasteiger partial charge in [0.2, 0.25) is 0 Å². The highest BCUT2D eigenvalue weighted by molar-refractivity contribution is 8.13. The number of phosphoric acid groups is 1. The molecule has 198 valence electrons. The molecule has 0 spiro atoms. The molecule has 3 rings (SSSR count). The number of carbonyl (C=O) groups is 1. The summed E-state index contributed by atoms with van der Waals surface area (Å²) in [7, 11) is -4.24. The van der Waals surface area contributed by atoms with Gasteiger partial charge in [-0.15, -0.1) is 0 Å². The second-order valence-electron chi connectivity index (χ2n) is 8.95. The zero-order valence-corrected chi connectivity index (χ0v) is 21.8. The minimum atomic E-state index is -4.24. The molecule has 0 aliphatic carbocycles. The van der Waals surface area contributed by atoms with Crippen molar-refractivity contribution in [2.24, 2.45) is 5.41 Å². The molecule has 12 nitrogen and oxygen atoms in total. The monoisotopic (exact) mass is 543 g/mol. The van der Waals surface area contributed by atoms with Crippen LogP contribution in [0.4, 0.5) is 5.82 Å². The van der Waals surface area contributed by atoms with Gasteiger partial charge in [0.15, 0.2) is 11.3 Å². The molecule has 5 atom stereocenters. The molecule has 0 saturated carbocycles. The second-order valence-corrected chi connectivity index (χ2v) is 11.6. The van der Waals surface area contributed by atoms with Crippen molar-refractivity contribution < 1.29 is 37.9 Å². The Morgan fingerprint density at radius 1 is 1.19 bits per heavy atom. The molecular formula is C22H30N3O9PS. The zero-order valence-electron chi connectivity index (χ0n) is 20.1. The number of aliphatic hydroxyl groups excluding tert-OH is 2. The number of ether oxygens (including phenoxy) is 1. The first kappa shape index (κ1) is 28.3. The first-order valence-electron chi connectivity index (χ1n) is 11.1. The number of benzene rings is 1. The Balaban J connectivity index is 1.67. The number of para-hydroxylation sites is 1. The molecule has 36 heavy (non-hydrogen) atoms. The van der Waals surface area contributed by atoms with Crippen molar-refractivity contribution in [3.05, 3.63) is 53.1 Å². The third-order valence-electron chi connectivity index (χ3n) is 5.00. The molecule has 1 aliphatic rings. The fourth-order valence-corrected chi connectivity index (χ4v) is 5.19. The topological polar surface area (TPSA) is 172 Å². The lowest BCUT2D eigenvalue weighted by Gasteiger charge is -2.21. The van der Waals surface area contributed by atoms with E-state index in [9.17, 15) is 24.4 Å². The first-order chi connectivity index (χ1) is 16.9. The van der Waals surface area contributed by atoms with Crippen LogP contribution in [0.1, 0.15) is 27.0 Å². The van der Waals surface area contributed by atoms with Crippen molar-refractivity contribution in [3.63, 3.8) is 0 Å². The van der Waals surface area contributed by atoms with Crippen LogP contribution in [0, 0.1) is 5.41 Å². The normalized spacial score (nSPS) is 23.8. The van der Waals surface area contributed by atoms with Gasteiger partial charge in [0, 0.05) is 17.4 Å². The van der Waals surface area contributed by atoms with Gasteiger partial charge in [-0.05, 0) is 18.2 Å². The summed E-state index contributed by atoms with van der Waals surface area (Å²) >= 11 is 1.03. The Morgan fingerprint density at radius 2 is 1.89 bits per heavy atom. The molecule has 1 aromatic carbocycles. The lowest BCUT2D eigenvalue weighted by Crippen LogP contribution is -2.36. The van der Waals surface area contributed by atoms with E-state index in [1.807, 2.05) is 0 Å². The van der Waals surface area contributed by atoms with Crippen LogP contribution in [0.2, 0.25) is 0 Å². The highest BCUT2D eigenvalue weighted by Gasteiger charge is 2.45. The van der Waals surface area contributed by atoms with Crippen molar-refractivity contribution in [3.8, 4) is 5.75 Å². The van der Waals surface area contributed by atoms with Gasteiger partial charge in [-0.1, -0.05) is 50.7 Å². The van der Waals surface area contributed by atoms with Gasteiger partial charge in [0.25, 0.3) is 0 Å². The third kappa shape index (κ3) is 7.39. The summed E-state index contributed by atoms with van der Waals surface area (Å²) in [4.78, 5) is 27.8. The van der Waals surface area contributed by atoms with Gasteiger partial charge in [0.1, 0.15) is 29.9 Å². The lowest BCUT2D eigenvalue weighted by molar-refractivity contribution is -0.117. The number of hydrogen-bond donors (Lipinski definition) is 3. The van der Waals surface area contributed by atoms with Crippen molar-refractivity contribution in [2.75, 3.05) is 24.7 Å². The molecule has 2 aromatic rings. The van der Waals surface area contributed by atoms with E-state index in [2.05, 4.69) is 4.98 Å². The lowest BCUT2D eigenvalue weighted by atomic mass is 10.00. The van der Waals surface area contributed by atoms with Crippen LogP contribution in [0.3, 0.4) is 0 Å². The number of carbonyl (C=O) groups excluding carboxylic acids is 1. The highest BCUT2D eigenvalue weighted by Crippen LogP contribution is 2.50. The van der Waals surface area contributed by atoms with Crippen molar-refractivity contribution in [1.29, 1.82) is 0 Å². The predicted octanol–water partition coefficient (Wildman–Crippen LogP) is 1.97. The maximum atomic E-state index is 13.4. The fourth-order valence-electron chi connectivity index (χ4n) is 3.08. The van der Waals surface area contributed by atoms with Gasteiger partial charge in [-0.25, -0.2) is 9.36 Å². The standard InChI is InChI=1S/C22H30N3O9PS/c1-22(2,3)20(28)36-12-11-31-35(30,34-14-7-5-4-6-8-14)32-13-15-17(26)18(27)19(33-15)25-10-9-16(23)24-21(25)29/h4-10,15,17-19,26-27H,11-13H2,1-3H3,(H2,23,24,29)/t15-,17-,18+,19-,35?/m1/s1. The van der Waals surface area contributed by atoms with Crippen LogP contribution in [-0.2, 0) is 23.1 Å². The van der Waals surface area contributed by atoms with Gasteiger partial charge in [0.05, 0.1) is 13.2 Å². The molecule has 2 heterocycles. The third-order valence-corrected chi connectivity index (χ3v) is 7.64. The zero-order chi connectivity index (χ0) is 26.5. The number of phosphoric ester groups is 1. The molecule has 0 amide bonds. The summed E-state index contributed by atoms with van der Waals surface area (Å²) < 4.78 is 36.3.